The highest BCUT2D eigenvalue weighted by Crippen LogP contribution is 2.29. The molecule has 0 unspecified atom stereocenters. The molecule has 11 heteroatoms. The van der Waals surface area contributed by atoms with Crippen molar-refractivity contribution in [2.24, 2.45) is 7.05 Å². The van der Waals surface area contributed by atoms with E-state index in [1.807, 2.05) is 25.1 Å². The predicted octanol–water partition coefficient (Wildman–Crippen LogP) is 2.77. The van der Waals surface area contributed by atoms with Gasteiger partial charge in [0.1, 0.15) is 5.69 Å². The van der Waals surface area contributed by atoms with E-state index in [2.05, 4.69) is 15.5 Å². The van der Waals surface area contributed by atoms with Gasteiger partial charge in [0, 0.05) is 7.05 Å². The molecule has 1 N–H and O–H groups in total. The number of aryl methyl sites for hydroxylation is 2. The summed E-state index contributed by atoms with van der Waals surface area (Å²) in [5.74, 6) is 0.569. The summed E-state index contributed by atoms with van der Waals surface area (Å²) in [6, 6.07) is 5.56. The summed E-state index contributed by atoms with van der Waals surface area (Å²) in [6.45, 7) is 5.55. The number of aromatic nitrogens is 4. The van der Waals surface area contributed by atoms with E-state index in [4.69, 9.17) is 9.47 Å². The van der Waals surface area contributed by atoms with E-state index in [0.717, 1.165) is 5.56 Å². The first-order valence-electron chi connectivity index (χ1n) is 9.42. The van der Waals surface area contributed by atoms with Crippen LogP contribution >= 0.6 is 0 Å². The highest BCUT2D eigenvalue weighted by molar-refractivity contribution is 6.06. The van der Waals surface area contributed by atoms with Crippen molar-refractivity contribution < 1.29 is 19.2 Å². The van der Waals surface area contributed by atoms with E-state index in [1.54, 1.807) is 39.8 Å². The third kappa shape index (κ3) is 4.06. The van der Waals surface area contributed by atoms with Gasteiger partial charge in [-0.05, 0) is 38.5 Å². The van der Waals surface area contributed by atoms with Gasteiger partial charge >= 0.3 is 5.69 Å². The van der Waals surface area contributed by atoms with Crippen LogP contribution in [0.3, 0.4) is 0 Å². The molecule has 0 atom stereocenters. The largest absolute Gasteiger partial charge is 0.493 e. The van der Waals surface area contributed by atoms with E-state index < -0.39 is 10.8 Å². The molecule has 31 heavy (non-hydrogen) atoms. The molecule has 3 aromatic rings. The van der Waals surface area contributed by atoms with Crippen LogP contribution in [0.5, 0.6) is 11.5 Å². The lowest BCUT2D eigenvalue weighted by Gasteiger charge is -2.11. The topological polar surface area (TPSA) is 126 Å². The molecule has 0 fully saturated rings. The number of benzene rings is 1. The van der Waals surface area contributed by atoms with Gasteiger partial charge in [0.25, 0.3) is 5.91 Å². The smallest absolute Gasteiger partial charge is 0.322 e. The minimum absolute atomic E-state index is 0.239. The van der Waals surface area contributed by atoms with Crippen molar-refractivity contribution in [1.82, 2.24) is 19.6 Å². The number of hydrogen-bond acceptors (Lipinski definition) is 7. The molecule has 2 aromatic heterocycles. The molecule has 0 saturated heterocycles. The molecule has 11 nitrogen and oxygen atoms in total. The average molecular weight is 428 g/mol. The lowest BCUT2D eigenvalue weighted by molar-refractivity contribution is -0.385. The van der Waals surface area contributed by atoms with Gasteiger partial charge in [0.05, 0.1) is 42.8 Å². The normalized spacial score (nSPS) is 10.8. The second kappa shape index (κ2) is 8.46. The Bertz CT molecular complexity index is 1160. The molecule has 0 bridgehead atoms. The number of nitrogens with zero attached hydrogens (tertiary/aromatic N) is 5. The molecule has 3 rings (SSSR count). The standard InChI is InChI=1S/C20H24N6O5/c1-11-17(21-20(27)18-19(26(28)29)13(3)24(4)23-18)12(2)25(22-11)10-14-7-8-15(30-5)16(9-14)31-6/h7-9H,10H2,1-6H3,(H,21,27). The zero-order valence-electron chi connectivity index (χ0n) is 18.2. The van der Waals surface area contributed by atoms with Crippen LogP contribution in [-0.2, 0) is 13.6 Å². The molecular formula is C20H24N6O5. The minimum atomic E-state index is -0.660. The van der Waals surface area contributed by atoms with Crippen molar-refractivity contribution in [3.8, 4) is 11.5 Å². The summed E-state index contributed by atoms with van der Waals surface area (Å²) in [7, 11) is 4.69. The predicted molar refractivity (Wildman–Crippen MR) is 113 cm³/mol. The fourth-order valence-corrected chi connectivity index (χ4v) is 3.32. The number of carbonyl (C=O) groups excluding carboxylic acids is 1. The lowest BCUT2D eigenvalue weighted by atomic mass is 10.2. The van der Waals surface area contributed by atoms with E-state index in [0.29, 0.717) is 40.8 Å². The summed E-state index contributed by atoms with van der Waals surface area (Å²) in [5, 5.41) is 22.6. The molecule has 2 heterocycles. The Morgan fingerprint density at radius 2 is 1.81 bits per heavy atom. The van der Waals surface area contributed by atoms with E-state index in [9.17, 15) is 14.9 Å². The van der Waals surface area contributed by atoms with Crippen LogP contribution in [0.2, 0.25) is 0 Å². The average Bonchev–Trinajstić information content (AvgIpc) is 3.18. The van der Waals surface area contributed by atoms with Crippen LogP contribution in [-0.4, -0.2) is 44.6 Å². The van der Waals surface area contributed by atoms with Crippen LogP contribution in [0.1, 0.15) is 33.1 Å². The first-order valence-corrected chi connectivity index (χ1v) is 9.42. The Balaban J connectivity index is 1.88. The third-order valence-electron chi connectivity index (χ3n) is 5.10. The van der Waals surface area contributed by atoms with Gasteiger partial charge in [-0.25, -0.2) is 0 Å². The lowest BCUT2D eigenvalue weighted by Crippen LogP contribution is -2.16. The van der Waals surface area contributed by atoms with Gasteiger partial charge in [0.2, 0.25) is 5.69 Å². The Labute approximate surface area is 178 Å². The van der Waals surface area contributed by atoms with Crippen molar-refractivity contribution in [1.29, 1.82) is 0 Å². The van der Waals surface area contributed by atoms with E-state index in [1.165, 1.54) is 4.68 Å². The maximum atomic E-state index is 12.8. The fraction of sp³-hybridized carbons (Fsp3) is 0.350. The molecule has 0 aliphatic heterocycles. The summed E-state index contributed by atoms with van der Waals surface area (Å²) < 4.78 is 13.7. The number of rotatable bonds is 7. The first-order chi connectivity index (χ1) is 14.7. The van der Waals surface area contributed by atoms with Crippen molar-refractivity contribution in [2.75, 3.05) is 19.5 Å². The number of amides is 1. The molecule has 1 aromatic carbocycles. The molecule has 1 amide bonds. The van der Waals surface area contributed by atoms with E-state index >= 15 is 0 Å². The molecule has 0 saturated carbocycles. The van der Waals surface area contributed by atoms with Crippen molar-refractivity contribution in [3.63, 3.8) is 0 Å². The first kappa shape index (κ1) is 21.8. The quantitative estimate of drug-likeness (QED) is 0.453. The van der Waals surface area contributed by atoms with E-state index in [-0.39, 0.29) is 11.4 Å². The Morgan fingerprint density at radius 3 is 2.42 bits per heavy atom. The molecule has 0 aliphatic carbocycles. The SMILES string of the molecule is COc1ccc(Cn2nc(C)c(NC(=O)c3nn(C)c(C)c3[N+](=O)[O-])c2C)cc1OC. The summed E-state index contributed by atoms with van der Waals surface area (Å²) in [5.41, 5.74) is 2.45. The zero-order valence-corrected chi connectivity index (χ0v) is 18.2. The number of nitro groups is 1. The van der Waals surface area contributed by atoms with Gasteiger partial charge in [-0.3, -0.25) is 24.3 Å². The summed E-state index contributed by atoms with van der Waals surface area (Å²) >= 11 is 0. The maximum Gasteiger partial charge on any atom is 0.322 e. The van der Waals surface area contributed by atoms with Crippen molar-refractivity contribution in [3.05, 3.63) is 56.7 Å². The van der Waals surface area contributed by atoms with Gasteiger partial charge in [-0.2, -0.15) is 10.2 Å². The molecule has 164 valence electrons. The van der Waals surface area contributed by atoms with Crippen LogP contribution in [0.4, 0.5) is 11.4 Å². The monoisotopic (exact) mass is 428 g/mol. The van der Waals surface area contributed by atoms with Crippen LogP contribution in [0, 0.1) is 30.9 Å². The van der Waals surface area contributed by atoms with Crippen molar-refractivity contribution >= 4 is 17.3 Å². The molecule has 0 spiro atoms. The summed E-state index contributed by atoms with van der Waals surface area (Å²) in [4.78, 5) is 23.6. The third-order valence-corrected chi connectivity index (χ3v) is 5.10. The molecular weight excluding hydrogens is 404 g/mol. The van der Waals surface area contributed by atoms with Crippen molar-refractivity contribution in [2.45, 2.75) is 27.3 Å². The van der Waals surface area contributed by atoms with Gasteiger partial charge in [-0.1, -0.05) is 6.07 Å². The highest BCUT2D eigenvalue weighted by atomic mass is 16.6. The van der Waals surface area contributed by atoms with Crippen LogP contribution in [0.25, 0.3) is 0 Å². The number of hydrogen-bond donors (Lipinski definition) is 1. The van der Waals surface area contributed by atoms with Crippen LogP contribution < -0.4 is 14.8 Å². The van der Waals surface area contributed by atoms with Gasteiger partial charge in [-0.15, -0.1) is 0 Å². The molecule has 0 radical (unpaired) electrons. The fourth-order valence-electron chi connectivity index (χ4n) is 3.32. The maximum absolute atomic E-state index is 12.8. The Hall–Kier alpha value is -3.89. The Kier molecular flexibility index (Phi) is 5.95. The number of carbonyl (C=O) groups is 1. The Morgan fingerprint density at radius 1 is 1.13 bits per heavy atom. The number of methoxy groups -OCH3 is 2. The number of ether oxygens (including phenoxy) is 2. The number of nitrogens with one attached hydrogen (secondary N) is 1. The minimum Gasteiger partial charge on any atom is -0.493 e. The van der Waals surface area contributed by atoms with Gasteiger partial charge < -0.3 is 14.8 Å². The number of anilines is 1. The second-order valence-corrected chi connectivity index (χ2v) is 7.01. The molecule has 0 aliphatic rings. The van der Waals surface area contributed by atoms with Crippen LogP contribution in [0.15, 0.2) is 18.2 Å². The second-order valence-electron chi connectivity index (χ2n) is 7.01. The summed E-state index contributed by atoms with van der Waals surface area (Å²) in [6.07, 6.45) is 0. The highest BCUT2D eigenvalue weighted by Gasteiger charge is 2.30. The van der Waals surface area contributed by atoms with Gasteiger partial charge in [0.15, 0.2) is 11.5 Å². The zero-order chi connectivity index (χ0) is 22.9.